The van der Waals surface area contributed by atoms with Gasteiger partial charge in [0.05, 0.1) is 26.4 Å². The van der Waals surface area contributed by atoms with Crippen LogP contribution in [0.15, 0.2) is 24.4 Å². The van der Waals surface area contributed by atoms with Crippen molar-refractivity contribution >= 4 is 26.6 Å². The Hall–Kier alpha value is -2.89. The van der Waals surface area contributed by atoms with Crippen LogP contribution >= 0.6 is 0 Å². The fourth-order valence-corrected chi connectivity index (χ4v) is 6.77. The predicted octanol–water partition coefficient (Wildman–Crippen LogP) is 2.28. The highest BCUT2D eigenvalue weighted by molar-refractivity contribution is 7.91. The van der Waals surface area contributed by atoms with Gasteiger partial charge in [-0.15, -0.1) is 0 Å². The smallest absolute Gasteiger partial charge is 0.185 e. The van der Waals surface area contributed by atoms with Gasteiger partial charge in [-0.3, -0.25) is 0 Å². The number of nitrogens with zero attached hydrogens (tertiary/aromatic N) is 3. The molecule has 1 aromatic carbocycles. The number of H-pyrrole nitrogens is 1. The van der Waals surface area contributed by atoms with Crippen LogP contribution in [0.3, 0.4) is 0 Å². The third-order valence-corrected chi connectivity index (χ3v) is 9.35. The summed E-state index contributed by atoms with van der Waals surface area (Å²) in [5, 5.41) is 0.923. The second-order valence-electron chi connectivity index (χ2n) is 9.27. The van der Waals surface area contributed by atoms with Crippen molar-refractivity contribution in [1.29, 1.82) is 0 Å². The molecular weight excluding hydrogens is 472 g/mol. The Morgan fingerprint density at radius 2 is 1.97 bits per heavy atom. The highest BCUT2D eigenvalue weighted by Gasteiger charge is 2.50. The van der Waals surface area contributed by atoms with E-state index in [1.807, 2.05) is 24.4 Å². The van der Waals surface area contributed by atoms with E-state index >= 15 is 0 Å². The molecule has 0 radical (unpaired) electrons. The fraction of sp³-hybridized carbons (Fsp3) is 0.500. The zero-order valence-corrected chi connectivity index (χ0v) is 20.6. The molecule has 11 heteroatoms. The van der Waals surface area contributed by atoms with Gasteiger partial charge >= 0.3 is 0 Å². The van der Waals surface area contributed by atoms with Gasteiger partial charge in [-0.1, -0.05) is 0 Å². The third kappa shape index (κ3) is 3.56. The molecule has 1 atom stereocenters. The molecule has 2 saturated heterocycles. The Balaban J connectivity index is 1.65. The highest BCUT2D eigenvalue weighted by atomic mass is 32.2. The third-order valence-electron chi connectivity index (χ3n) is 7.33. The van der Waals surface area contributed by atoms with Crippen molar-refractivity contribution in [3.05, 3.63) is 30.1 Å². The summed E-state index contributed by atoms with van der Waals surface area (Å²) < 4.78 is 48.5. The van der Waals surface area contributed by atoms with E-state index in [0.29, 0.717) is 81.3 Å². The number of ether oxygens (including phenoxy) is 4. The average Bonchev–Trinajstić information content (AvgIpc) is 3.36. The molecule has 3 aromatic rings. The number of morpholine rings is 1. The lowest BCUT2D eigenvalue weighted by atomic mass is 9.93. The van der Waals surface area contributed by atoms with E-state index in [4.69, 9.17) is 28.9 Å². The van der Waals surface area contributed by atoms with E-state index in [-0.39, 0.29) is 6.04 Å². The molecule has 0 saturated carbocycles. The second-order valence-corrected chi connectivity index (χ2v) is 11.6. The zero-order chi connectivity index (χ0) is 24.2. The van der Waals surface area contributed by atoms with Gasteiger partial charge in [-0.2, -0.15) is 0 Å². The van der Waals surface area contributed by atoms with E-state index in [0.717, 1.165) is 16.5 Å². The number of aromatic nitrogens is 3. The van der Waals surface area contributed by atoms with Gasteiger partial charge < -0.3 is 28.8 Å². The minimum absolute atomic E-state index is 0.00769. The number of rotatable bonds is 4. The minimum Gasteiger partial charge on any atom is -0.497 e. The van der Waals surface area contributed by atoms with E-state index in [2.05, 4.69) is 9.88 Å². The molecule has 6 rings (SSSR count). The predicted molar refractivity (Wildman–Crippen MR) is 130 cm³/mol. The standard InChI is InChI=1S/C24H28N4O6S/c1-31-16-11-18(17-3-6-25-19(17)12-16)22-26-21(24(35(2,29)30)4-8-32-9-5-24)20-23(27-22)28-7-10-33-13-15(28)14-34-20/h3,6,11-12,15,25H,4-5,7-10,13-14H2,1-2H3. The first kappa shape index (κ1) is 22.6. The maximum absolute atomic E-state index is 13.4. The number of hydrogen-bond acceptors (Lipinski definition) is 9. The van der Waals surface area contributed by atoms with Crippen molar-refractivity contribution in [2.75, 3.05) is 57.8 Å². The number of benzene rings is 1. The van der Waals surface area contributed by atoms with Gasteiger partial charge in [0.1, 0.15) is 22.8 Å². The van der Waals surface area contributed by atoms with Gasteiger partial charge in [-0.05, 0) is 25.0 Å². The van der Waals surface area contributed by atoms with Crippen molar-refractivity contribution in [3.8, 4) is 22.9 Å². The molecule has 35 heavy (non-hydrogen) atoms. The maximum Gasteiger partial charge on any atom is 0.185 e. The molecular formula is C24H28N4O6S. The summed E-state index contributed by atoms with van der Waals surface area (Å²) >= 11 is 0. The zero-order valence-electron chi connectivity index (χ0n) is 19.7. The molecule has 2 fully saturated rings. The molecule has 0 aliphatic carbocycles. The molecule has 1 unspecified atom stereocenters. The van der Waals surface area contributed by atoms with Crippen LogP contribution in [0.1, 0.15) is 18.5 Å². The summed E-state index contributed by atoms with van der Waals surface area (Å²) in [4.78, 5) is 15.3. The molecule has 3 aliphatic rings. The molecule has 2 aromatic heterocycles. The number of sulfone groups is 1. The van der Waals surface area contributed by atoms with Crippen LogP contribution in [0, 0.1) is 0 Å². The minimum atomic E-state index is -3.57. The Labute approximate surface area is 203 Å². The van der Waals surface area contributed by atoms with E-state index in [1.54, 1.807) is 7.11 Å². The Morgan fingerprint density at radius 3 is 2.74 bits per heavy atom. The second kappa shape index (κ2) is 8.35. The molecule has 0 bridgehead atoms. The van der Waals surface area contributed by atoms with Crippen LogP contribution in [-0.4, -0.2) is 82.4 Å². The quantitative estimate of drug-likeness (QED) is 0.576. The molecule has 1 N–H and O–H groups in total. The number of anilines is 1. The number of methoxy groups -OCH3 is 1. The topological polar surface area (TPSA) is 116 Å². The Kier molecular flexibility index (Phi) is 5.39. The van der Waals surface area contributed by atoms with E-state index in [1.165, 1.54) is 6.26 Å². The first-order valence-corrected chi connectivity index (χ1v) is 13.6. The van der Waals surface area contributed by atoms with Crippen LogP contribution in [0.25, 0.3) is 22.3 Å². The lowest BCUT2D eigenvalue weighted by Gasteiger charge is -2.43. The molecule has 3 aliphatic heterocycles. The van der Waals surface area contributed by atoms with Gasteiger partial charge in [0, 0.05) is 54.7 Å². The summed E-state index contributed by atoms with van der Waals surface area (Å²) in [6.07, 6.45) is 3.75. The molecule has 0 spiro atoms. The highest BCUT2D eigenvalue weighted by Crippen LogP contribution is 2.48. The Bertz CT molecular complexity index is 1380. The van der Waals surface area contributed by atoms with Crippen LogP contribution in [0.2, 0.25) is 0 Å². The summed E-state index contributed by atoms with van der Waals surface area (Å²) in [6, 6.07) is 5.77. The van der Waals surface area contributed by atoms with Gasteiger partial charge in [0.25, 0.3) is 0 Å². The van der Waals surface area contributed by atoms with Crippen LogP contribution in [0.4, 0.5) is 5.82 Å². The molecule has 5 heterocycles. The van der Waals surface area contributed by atoms with Crippen LogP contribution in [-0.2, 0) is 24.1 Å². The SMILES string of the molecule is COc1cc(-c2nc3c(c(C4(S(C)(=O)=O)CCOCC4)n2)OCC2COCCN32)c2cc[nH]c2c1. The first-order valence-electron chi connectivity index (χ1n) is 11.7. The molecule has 186 valence electrons. The molecule has 10 nitrogen and oxygen atoms in total. The normalized spacial score (nSPS) is 21.8. The maximum atomic E-state index is 13.4. The lowest BCUT2D eigenvalue weighted by molar-refractivity contribution is 0.0640. The van der Waals surface area contributed by atoms with Gasteiger partial charge in [-0.25, -0.2) is 18.4 Å². The van der Waals surface area contributed by atoms with Crippen molar-refractivity contribution in [1.82, 2.24) is 15.0 Å². The monoisotopic (exact) mass is 500 g/mol. The number of hydrogen-bond donors (Lipinski definition) is 1. The summed E-state index contributed by atoms with van der Waals surface area (Å²) in [5.74, 6) is 2.16. The van der Waals surface area contributed by atoms with E-state index in [9.17, 15) is 8.42 Å². The van der Waals surface area contributed by atoms with Gasteiger partial charge in [0.15, 0.2) is 27.2 Å². The van der Waals surface area contributed by atoms with Crippen LogP contribution in [0.5, 0.6) is 11.5 Å². The van der Waals surface area contributed by atoms with Crippen molar-refractivity contribution < 1.29 is 27.4 Å². The summed E-state index contributed by atoms with van der Waals surface area (Å²) in [6.45, 7) is 2.80. The largest absolute Gasteiger partial charge is 0.497 e. The Morgan fingerprint density at radius 1 is 1.14 bits per heavy atom. The number of fused-ring (bicyclic) bond motifs is 4. The van der Waals surface area contributed by atoms with Gasteiger partial charge in [0.2, 0.25) is 0 Å². The number of aromatic amines is 1. The van der Waals surface area contributed by atoms with Crippen molar-refractivity contribution in [2.24, 2.45) is 0 Å². The van der Waals surface area contributed by atoms with Crippen molar-refractivity contribution in [2.45, 2.75) is 23.6 Å². The fourth-order valence-electron chi connectivity index (χ4n) is 5.37. The van der Waals surface area contributed by atoms with Crippen molar-refractivity contribution in [3.63, 3.8) is 0 Å². The van der Waals surface area contributed by atoms with E-state index < -0.39 is 14.6 Å². The first-order chi connectivity index (χ1) is 16.9. The summed E-state index contributed by atoms with van der Waals surface area (Å²) in [7, 11) is -1.96. The number of nitrogens with one attached hydrogen (secondary N) is 1. The summed E-state index contributed by atoms with van der Waals surface area (Å²) in [5.41, 5.74) is 2.06. The lowest BCUT2D eigenvalue weighted by Crippen LogP contribution is -2.52. The van der Waals surface area contributed by atoms with Crippen LogP contribution < -0.4 is 14.4 Å². The molecule has 0 amide bonds. The average molecular weight is 501 g/mol.